The van der Waals surface area contributed by atoms with E-state index < -0.39 is 21.5 Å². The van der Waals surface area contributed by atoms with Gasteiger partial charge in [-0.05, 0) is 53.0 Å². The van der Waals surface area contributed by atoms with E-state index >= 15 is 0 Å². The van der Waals surface area contributed by atoms with Crippen LogP contribution in [-0.2, 0) is 14.8 Å². The average Bonchev–Trinajstić information content (AvgIpc) is 2.87. The second kappa shape index (κ2) is 10.00. The number of hydrogen-bond donors (Lipinski definition) is 0. The number of fused-ring (bicyclic) bond motifs is 1. The third-order valence-electron chi connectivity index (χ3n) is 6.10. The molecule has 3 rings (SSSR count). The van der Waals surface area contributed by atoms with Gasteiger partial charge in [0, 0.05) is 26.3 Å². The van der Waals surface area contributed by atoms with E-state index in [1.807, 2.05) is 62.9 Å². The number of nitrogens with zero attached hydrogens (tertiary/aromatic N) is 3. The van der Waals surface area contributed by atoms with Crippen LogP contribution in [0.4, 0.5) is 17.1 Å². The quantitative estimate of drug-likeness (QED) is 0.407. The summed E-state index contributed by atoms with van der Waals surface area (Å²) >= 11 is 0. The zero-order chi connectivity index (χ0) is 24.4. The summed E-state index contributed by atoms with van der Waals surface area (Å²) in [6.07, 6.45) is 2.64. The van der Waals surface area contributed by atoms with Crippen LogP contribution in [-0.4, -0.2) is 58.4 Å². The van der Waals surface area contributed by atoms with Gasteiger partial charge < -0.3 is 14.5 Å². The fraction of sp³-hybridized carbons (Fsp3) is 0.458. The number of sulfonamides is 1. The van der Waals surface area contributed by atoms with E-state index in [1.165, 1.54) is 13.2 Å². The lowest BCUT2D eigenvalue weighted by atomic mass is 9.94. The summed E-state index contributed by atoms with van der Waals surface area (Å²) in [5.74, 6) is -0.563. The summed E-state index contributed by atoms with van der Waals surface area (Å²) in [6.45, 7) is 6.55. The minimum atomic E-state index is -3.88. The number of carbonyl (C=O) groups excluding carboxylic acids is 1. The van der Waals surface area contributed by atoms with Gasteiger partial charge in [0.2, 0.25) is 10.0 Å². The minimum absolute atomic E-state index is 0.0522. The standard InChI is InChI=1S/C24H34N3O4PS/c1-7-8-14-24(2)17-26(18-12-10-9-11-13-18)21-16-20(25(3)4)19(23(28)31-5)15-22(21)33(29,30)27(24)32-6/h9-13,15-16,32H,7-8,14,17H2,1-6H3. The molecule has 0 saturated carbocycles. The molecular formula is C24H34N3O4PS. The number of unbranched alkanes of at least 4 members (excludes halogenated alkanes) is 1. The lowest BCUT2D eigenvalue weighted by molar-refractivity contribution is 0.0601. The first-order valence-corrected chi connectivity index (χ1v) is 14.0. The van der Waals surface area contributed by atoms with E-state index in [9.17, 15) is 13.2 Å². The van der Waals surface area contributed by atoms with Gasteiger partial charge in [0.15, 0.2) is 0 Å². The molecule has 0 aliphatic carbocycles. The van der Waals surface area contributed by atoms with Crippen LogP contribution in [0.2, 0.25) is 0 Å². The number of benzene rings is 2. The maximum absolute atomic E-state index is 14.1. The molecule has 180 valence electrons. The molecule has 0 amide bonds. The van der Waals surface area contributed by atoms with Crippen LogP contribution in [0.15, 0.2) is 47.4 Å². The molecule has 0 aromatic heterocycles. The molecule has 2 aromatic carbocycles. The monoisotopic (exact) mass is 491 g/mol. The number of hydrogen-bond acceptors (Lipinski definition) is 6. The molecule has 0 N–H and O–H groups in total. The van der Waals surface area contributed by atoms with Crippen molar-refractivity contribution in [2.75, 3.05) is 44.2 Å². The van der Waals surface area contributed by atoms with Crippen LogP contribution in [0.1, 0.15) is 43.5 Å². The molecule has 2 aromatic rings. The highest BCUT2D eigenvalue weighted by Crippen LogP contribution is 2.47. The van der Waals surface area contributed by atoms with E-state index in [1.54, 1.807) is 10.1 Å². The normalized spacial score (nSPS) is 20.5. The molecule has 0 radical (unpaired) electrons. The van der Waals surface area contributed by atoms with Gasteiger partial charge in [-0.2, -0.15) is 4.08 Å². The summed E-state index contributed by atoms with van der Waals surface area (Å²) in [5, 5.41) is 0. The molecule has 2 unspecified atom stereocenters. The second-order valence-electron chi connectivity index (χ2n) is 8.74. The Balaban J connectivity index is 2.39. The summed E-state index contributed by atoms with van der Waals surface area (Å²) in [6, 6.07) is 13.1. The van der Waals surface area contributed by atoms with Crippen LogP contribution in [0, 0.1) is 0 Å². The summed E-state index contributed by atoms with van der Waals surface area (Å²) in [4.78, 5) is 16.6. The van der Waals surface area contributed by atoms with E-state index in [4.69, 9.17) is 4.74 Å². The Hall–Kier alpha value is -2.15. The molecule has 0 spiro atoms. The lowest BCUT2D eigenvalue weighted by Gasteiger charge is -2.40. The van der Waals surface area contributed by atoms with Gasteiger partial charge in [-0.15, -0.1) is 0 Å². The molecule has 1 heterocycles. The summed E-state index contributed by atoms with van der Waals surface area (Å²) < 4.78 is 34.8. The van der Waals surface area contributed by atoms with Crippen LogP contribution >= 0.6 is 8.73 Å². The molecule has 0 saturated heterocycles. The lowest BCUT2D eigenvalue weighted by Crippen LogP contribution is -2.49. The zero-order valence-corrected chi connectivity index (χ0v) is 22.1. The minimum Gasteiger partial charge on any atom is -0.465 e. The van der Waals surface area contributed by atoms with Crippen molar-refractivity contribution in [3.63, 3.8) is 0 Å². The van der Waals surface area contributed by atoms with Crippen molar-refractivity contribution in [2.24, 2.45) is 0 Å². The molecule has 1 aliphatic rings. The van der Waals surface area contributed by atoms with Gasteiger partial charge in [-0.3, -0.25) is 0 Å². The van der Waals surface area contributed by atoms with Crippen LogP contribution < -0.4 is 9.80 Å². The average molecular weight is 492 g/mol. The van der Waals surface area contributed by atoms with E-state index in [2.05, 4.69) is 11.8 Å². The molecule has 0 bridgehead atoms. The number of methoxy groups -OCH3 is 1. The fourth-order valence-corrected chi connectivity index (χ4v) is 8.07. The first kappa shape index (κ1) is 25.5. The van der Waals surface area contributed by atoms with Gasteiger partial charge in [0.1, 0.15) is 4.90 Å². The van der Waals surface area contributed by atoms with Gasteiger partial charge in [-0.25, -0.2) is 13.2 Å². The van der Waals surface area contributed by atoms with E-state index in [0.29, 0.717) is 17.9 Å². The third kappa shape index (κ3) is 4.75. The maximum Gasteiger partial charge on any atom is 0.340 e. The van der Waals surface area contributed by atoms with Gasteiger partial charge >= 0.3 is 5.97 Å². The highest BCUT2D eigenvalue weighted by molar-refractivity contribution is 7.93. The molecule has 9 heteroatoms. The predicted molar refractivity (Wildman–Crippen MR) is 137 cm³/mol. The SMILES string of the molecule is CCCCC1(C)CN(c2ccccc2)c2cc(N(C)C)c(C(=O)OC)cc2S(=O)(=O)N1PC. The molecule has 1 aliphatic heterocycles. The van der Waals surface area contributed by atoms with Crippen LogP contribution in [0.25, 0.3) is 0 Å². The Morgan fingerprint density at radius 1 is 1.21 bits per heavy atom. The topological polar surface area (TPSA) is 70.2 Å². The Bertz CT molecular complexity index is 1110. The number of rotatable bonds is 7. The van der Waals surface area contributed by atoms with Crippen molar-refractivity contribution in [3.8, 4) is 0 Å². The third-order valence-corrected chi connectivity index (χ3v) is 10.1. The Kier molecular flexibility index (Phi) is 7.72. The number of carbonyl (C=O) groups is 1. The number of para-hydroxylation sites is 1. The smallest absolute Gasteiger partial charge is 0.340 e. The van der Waals surface area contributed by atoms with Gasteiger partial charge in [0.05, 0.1) is 29.6 Å². The van der Waals surface area contributed by atoms with Crippen molar-refractivity contribution in [2.45, 2.75) is 43.5 Å². The fourth-order valence-electron chi connectivity index (χ4n) is 4.46. The maximum atomic E-state index is 14.1. The second-order valence-corrected chi connectivity index (χ2v) is 11.7. The van der Waals surface area contributed by atoms with Crippen molar-refractivity contribution < 1.29 is 17.9 Å². The number of ether oxygens (including phenoxy) is 1. The van der Waals surface area contributed by atoms with Gasteiger partial charge in [0.25, 0.3) is 0 Å². The summed E-state index contributed by atoms with van der Waals surface area (Å²) in [5.41, 5.74) is 1.71. The Morgan fingerprint density at radius 2 is 1.88 bits per heavy atom. The first-order valence-electron chi connectivity index (χ1n) is 11.1. The molecule has 2 atom stereocenters. The highest BCUT2D eigenvalue weighted by Gasteiger charge is 2.46. The van der Waals surface area contributed by atoms with Crippen LogP contribution in [0.5, 0.6) is 0 Å². The van der Waals surface area contributed by atoms with Crippen molar-refractivity contribution >= 4 is 41.8 Å². The summed E-state index contributed by atoms with van der Waals surface area (Å²) in [7, 11) is 1.14. The molecule has 0 fully saturated rings. The number of anilines is 3. The largest absolute Gasteiger partial charge is 0.465 e. The van der Waals surface area contributed by atoms with Crippen molar-refractivity contribution in [3.05, 3.63) is 48.0 Å². The molecule has 33 heavy (non-hydrogen) atoms. The van der Waals surface area contributed by atoms with Crippen molar-refractivity contribution in [1.82, 2.24) is 4.08 Å². The number of esters is 1. The van der Waals surface area contributed by atoms with Gasteiger partial charge in [-0.1, -0.05) is 38.0 Å². The zero-order valence-electron chi connectivity index (χ0n) is 20.3. The Morgan fingerprint density at radius 3 is 2.42 bits per heavy atom. The molecule has 7 nitrogen and oxygen atoms in total. The highest BCUT2D eigenvalue weighted by atomic mass is 32.2. The Labute approximate surface area is 199 Å². The predicted octanol–water partition coefficient (Wildman–Crippen LogP) is 4.85. The molecular weight excluding hydrogens is 457 g/mol. The van der Waals surface area contributed by atoms with E-state index in [-0.39, 0.29) is 19.2 Å². The van der Waals surface area contributed by atoms with E-state index in [0.717, 1.165) is 24.9 Å². The van der Waals surface area contributed by atoms with Crippen LogP contribution in [0.3, 0.4) is 0 Å². The van der Waals surface area contributed by atoms with Crippen molar-refractivity contribution in [1.29, 1.82) is 0 Å². The first-order chi connectivity index (χ1) is 15.6.